The van der Waals surface area contributed by atoms with Crippen molar-refractivity contribution >= 4 is 15.9 Å². The van der Waals surface area contributed by atoms with Crippen LogP contribution >= 0.6 is 15.9 Å². The number of hydrogen-bond donors (Lipinski definition) is 1. The molecule has 0 radical (unpaired) electrons. The maximum atomic E-state index is 10.7. The Morgan fingerprint density at radius 1 is 1.00 bits per heavy atom. The van der Waals surface area contributed by atoms with E-state index in [0.717, 1.165) is 38.0 Å². The van der Waals surface area contributed by atoms with Crippen molar-refractivity contribution < 1.29 is 9.84 Å². The third kappa shape index (κ3) is 2.60. The van der Waals surface area contributed by atoms with Gasteiger partial charge in [0.05, 0.1) is 7.11 Å². The van der Waals surface area contributed by atoms with Crippen molar-refractivity contribution in [2.75, 3.05) is 7.11 Å². The number of rotatable bonds is 3. The third-order valence-corrected chi connectivity index (χ3v) is 4.81. The van der Waals surface area contributed by atoms with Crippen LogP contribution in [0.5, 0.6) is 5.75 Å². The van der Waals surface area contributed by atoms with Gasteiger partial charge in [0.15, 0.2) is 0 Å². The minimum Gasteiger partial charge on any atom is -0.496 e. The first kappa shape index (κ1) is 15.1. The van der Waals surface area contributed by atoms with E-state index >= 15 is 0 Å². The zero-order valence-electron chi connectivity index (χ0n) is 12.2. The molecule has 0 bridgehead atoms. The molecule has 106 valence electrons. The SMILES string of the molecule is COc1c(C(O)c2cccc(C)c2Br)ccc(C)c1C. The summed E-state index contributed by atoms with van der Waals surface area (Å²) in [4.78, 5) is 0. The second-order valence-electron chi connectivity index (χ2n) is 5.01. The fourth-order valence-electron chi connectivity index (χ4n) is 2.35. The first-order valence-electron chi connectivity index (χ1n) is 6.54. The molecule has 0 amide bonds. The first-order valence-corrected chi connectivity index (χ1v) is 7.33. The van der Waals surface area contributed by atoms with E-state index in [1.165, 1.54) is 0 Å². The quantitative estimate of drug-likeness (QED) is 0.897. The zero-order chi connectivity index (χ0) is 14.9. The number of methoxy groups -OCH3 is 1. The molecule has 0 heterocycles. The number of benzene rings is 2. The highest BCUT2D eigenvalue weighted by Gasteiger charge is 2.20. The predicted molar refractivity (Wildman–Crippen MR) is 85.4 cm³/mol. The molecule has 2 aromatic rings. The van der Waals surface area contributed by atoms with Crippen molar-refractivity contribution in [3.8, 4) is 5.75 Å². The average Bonchev–Trinajstić information content (AvgIpc) is 2.44. The van der Waals surface area contributed by atoms with Crippen LogP contribution in [0, 0.1) is 20.8 Å². The highest BCUT2D eigenvalue weighted by atomic mass is 79.9. The van der Waals surface area contributed by atoms with Gasteiger partial charge in [-0.2, -0.15) is 0 Å². The van der Waals surface area contributed by atoms with Crippen molar-refractivity contribution in [2.45, 2.75) is 26.9 Å². The van der Waals surface area contributed by atoms with Crippen molar-refractivity contribution in [1.29, 1.82) is 0 Å². The van der Waals surface area contributed by atoms with E-state index in [-0.39, 0.29) is 0 Å². The molecular formula is C17H19BrO2. The van der Waals surface area contributed by atoms with Gasteiger partial charge in [-0.25, -0.2) is 0 Å². The van der Waals surface area contributed by atoms with E-state index in [1.807, 2.05) is 51.1 Å². The summed E-state index contributed by atoms with van der Waals surface area (Å²) >= 11 is 3.56. The van der Waals surface area contributed by atoms with Crippen molar-refractivity contribution in [2.24, 2.45) is 0 Å². The smallest absolute Gasteiger partial charge is 0.128 e. The molecule has 0 fully saturated rings. The lowest BCUT2D eigenvalue weighted by atomic mass is 9.95. The largest absolute Gasteiger partial charge is 0.496 e. The Morgan fingerprint density at radius 3 is 2.35 bits per heavy atom. The molecule has 1 N–H and O–H groups in total. The molecule has 3 heteroatoms. The van der Waals surface area contributed by atoms with E-state index in [2.05, 4.69) is 15.9 Å². The topological polar surface area (TPSA) is 29.5 Å². The fraction of sp³-hybridized carbons (Fsp3) is 0.294. The van der Waals surface area contributed by atoms with Crippen LogP contribution in [-0.2, 0) is 0 Å². The molecule has 2 rings (SSSR count). The Balaban J connectivity index is 2.56. The van der Waals surface area contributed by atoms with Crippen molar-refractivity contribution in [3.63, 3.8) is 0 Å². The lowest BCUT2D eigenvalue weighted by Crippen LogP contribution is -2.05. The number of ether oxygens (including phenoxy) is 1. The Morgan fingerprint density at radius 2 is 1.70 bits per heavy atom. The van der Waals surface area contributed by atoms with E-state index < -0.39 is 6.10 Å². The molecule has 0 aromatic heterocycles. The monoisotopic (exact) mass is 334 g/mol. The van der Waals surface area contributed by atoms with E-state index in [4.69, 9.17) is 4.74 Å². The maximum absolute atomic E-state index is 10.7. The lowest BCUT2D eigenvalue weighted by molar-refractivity contribution is 0.213. The van der Waals surface area contributed by atoms with E-state index in [1.54, 1.807) is 7.11 Å². The van der Waals surface area contributed by atoms with Crippen molar-refractivity contribution in [1.82, 2.24) is 0 Å². The summed E-state index contributed by atoms with van der Waals surface area (Å²) in [5, 5.41) is 10.7. The van der Waals surface area contributed by atoms with Gasteiger partial charge in [-0.3, -0.25) is 0 Å². The van der Waals surface area contributed by atoms with Gasteiger partial charge in [-0.05, 0) is 43.0 Å². The lowest BCUT2D eigenvalue weighted by Gasteiger charge is -2.19. The van der Waals surface area contributed by atoms with Crippen LogP contribution in [0.15, 0.2) is 34.8 Å². The second kappa shape index (κ2) is 5.98. The summed E-state index contributed by atoms with van der Waals surface area (Å²) in [5.74, 6) is 0.755. The summed E-state index contributed by atoms with van der Waals surface area (Å²) < 4.78 is 6.43. The highest BCUT2D eigenvalue weighted by molar-refractivity contribution is 9.10. The van der Waals surface area contributed by atoms with Gasteiger partial charge < -0.3 is 9.84 Å². The summed E-state index contributed by atoms with van der Waals surface area (Å²) in [6.07, 6.45) is -0.710. The van der Waals surface area contributed by atoms with Crippen LogP contribution in [0.3, 0.4) is 0 Å². The maximum Gasteiger partial charge on any atom is 0.128 e. The normalized spacial score (nSPS) is 12.3. The zero-order valence-corrected chi connectivity index (χ0v) is 13.8. The molecular weight excluding hydrogens is 316 g/mol. The summed E-state index contributed by atoms with van der Waals surface area (Å²) in [6.45, 7) is 6.06. The second-order valence-corrected chi connectivity index (χ2v) is 5.80. The van der Waals surface area contributed by atoms with Gasteiger partial charge in [-0.1, -0.05) is 46.3 Å². The van der Waals surface area contributed by atoms with Gasteiger partial charge in [0.1, 0.15) is 11.9 Å². The predicted octanol–water partition coefficient (Wildman–Crippen LogP) is 4.46. The molecule has 2 aromatic carbocycles. The standard InChI is InChI=1S/C17H19BrO2/c1-10-8-9-14(17(20-4)12(10)3)16(19)13-7-5-6-11(2)15(13)18/h5-9,16,19H,1-4H3. The number of halogens is 1. The van der Waals surface area contributed by atoms with Gasteiger partial charge in [0.25, 0.3) is 0 Å². The number of hydrogen-bond acceptors (Lipinski definition) is 2. The molecule has 0 aliphatic heterocycles. The van der Waals surface area contributed by atoms with Gasteiger partial charge in [0.2, 0.25) is 0 Å². The molecule has 0 aliphatic rings. The molecule has 0 spiro atoms. The Bertz CT molecular complexity index is 635. The highest BCUT2D eigenvalue weighted by Crippen LogP contribution is 2.37. The molecule has 0 aliphatic carbocycles. The minimum absolute atomic E-state index is 0.710. The molecule has 2 nitrogen and oxygen atoms in total. The Labute approximate surface area is 128 Å². The molecule has 0 saturated carbocycles. The van der Waals surface area contributed by atoms with Crippen LogP contribution in [0.2, 0.25) is 0 Å². The van der Waals surface area contributed by atoms with Crippen LogP contribution in [0.4, 0.5) is 0 Å². The van der Waals surface area contributed by atoms with E-state index in [9.17, 15) is 5.11 Å². The van der Waals surface area contributed by atoms with E-state index in [0.29, 0.717) is 0 Å². The summed E-state index contributed by atoms with van der Waals surface area (Å²) in [6, 6.07) is 9.83. The van der Waals surface area contributed by atoms with Gasteiger partial charge in [-0.15, -0.1) is 0 Å². The first-order chi connectivity index (χ1) is 9.47. The Hall–Kier alpha value is -1.32. The van der Waals surface area contributed by atoms with Crippen LogP contribution < -0.4 is 4.74 Å². The Kier molecular flexibility index (Phi) is 4.51. The number of aliphatic hydroxyl groups excluding tert-OH is 1. The number of aliphatic hydroxyl groups is 1. The average molecular weight is 335 g/mol. The molecule has 20 heavy (non-hydrogen) atoms. The summed E-state index contributed by atoms with van der Waals surface area (Å²) in [5.41, 5.74) is 4.96. The van der Waals surface area contributed by atoms with Crippen LogP contribution in [0.1, 0.15) is 33.9 Å². The molecule has 1 atom stereocenters. The minimum atomic E-state index is -0.710. The fourth-order valence-corrected chi connectivity index (χ4v) is 2.83. The summed E-state index contributed by atoms with van der Waals surface area (Å²) in [7, 11) is 1.64. The third-order valence-electron chi connectivity index (χ3n) is 3.72. The number of aryl methyl sites for hydroxylation is 2. The van der Waals surface area contributed by atoms with Crippen LogP contribution in [-0.4, -0.2) is 12.2 Å². The molecule has 1 unspecified atom stereocenters. The van der Waals surface area contributed by atoms with Crippen molar-refractivity contribution in [3.05, 3.63) is 62.6 Å². The molecule has 0 saturated heterocycles. The van der Waals surface area contributed by atoms with Crippen LogP contribution in [0.25, 0.3) is 0 Å². The van der Waals surface area contributed by atoms with Gasteiger partial charge in [0, 0.05) is 10.0 Å². The van der Waals surface area contributed by atoms with Gasteiger partial charge >= 0.3 is 0 Å².